The molecule has 0 fully saturated rings. The predicted octanol–water partition coefficient (Wildman–Crippen LogP) is 2.58. The molecule has 3 N–H and O–H groups in total. The van der Waals surface area contributed by atoms with Gasteiger partial charge in [0.2, 0.25) is 0 Å². The van der Waals surface area contributed by atoms with E-state index in [2.05, 4.69) is 12.3 Å². The topological polar surface area (TPSA) is 47.3 Å². The molecule has 0 spiro atoms. The first kappa shape index (κ1) is 12.9. The van der Waals surface area contributed by atoms with Crippen molar-refractivity contribution in [1.82, 2.24) is 5.43 Å². The van der Waals surface area contributed by atoms with Crippen molar-refractivity contribution >= 4 is 22.9 Å². The van der Waals surface area contributed by atoms with Crippen molar-refractivity contribution in [2.24, 2.45) is 11.8 Å². The maximum absolute atomic E-state index is 5.88. The summed E-state index contributed by atoms with van der Waals surface area (Å²) in [4.78, 5) is 1.17. The largest absolute Gasteiger partial charge is 0.384 e. The predicted molar refractivity (Wildman–Crippen MR) is 65.1 cm³/mol. The van der Waals surface area contributed by atoms with E-state index in [0.717, 1.165) is 17.4 Å². The Labute approximate surface area is 99.5 Å². The highest BCUT2D eigenvalue weighted by Crippen LogP contribution is 2.30. The first-order valence-corrected chi connectivity index (χ1v) is 6.07. The third kappa shape index (κ3) is 4.09. The van der Waals surface area contributed by atoms with Crippen molar-refractivity contribution in [2.45, 2.75) is 19.4 Å². The molecule has 1 aromatic rings. The molecule has 2 unspecified atom stereocenters. The molecule has 0 saturated heterocycles. The van der Waals surface area contributed by atoms with Gasteiger partial charge < -0.3 is 4.74 Å². The minimum absolute atomic E-state index is 0.160. The van der Waals surface area contributed by atoms with Gasteiger partial charge >= 0.3 is 0 Å². The molecule has 1 aromatic heterocycles. The monoisotopic (exact) mass is 248 g/mol. The van der Waals surface area contributed by atoms with E-state index in [0.29, 0.717) is 5.92 Å². The molecule has 0 radical (unpaired) electrons. The minimum atomic E-state index is 0.160. The van der Waals surface area contributed by atoms with Crippen LogP contribution in [-0.4, -0.2) is 13.7 Å². The molecule has 86 valence electrons. The third-order valence-corrected chi connectivity index (χ3v) is 3.57. The Balaban J connectivity index is 2.56. The fourth-order valence-corrected chi connectivity index (χ4v) is 2.67. The Hall–Kier alpha value is -0.130. The zero-order valence-electron chi connectivity index (χ0n) is 9.00. The molecule has 0 aliphatic heterocycles. The van der Waals surface area contributed by atoms with Gasteiger partial charge in [-0.3, -0.25) is 11.3 Å². The number of nitrogens with two attached hydrogens (primary N) is 1. The van der Waals surface area contributed by atoms with Crippen molar-refractivity contribution < 1.29 is 4.74 Å². The van der Waals surface area contributed by atoms with Crippen LogP contribution in [0.3, 0.4) is 0 Å². The summed E-state index contributed by atoms with van der Waals surface area (Å²) in [5.41, 5.74) is 2.82. The highest BCUT2D eigenvalue weighted by molar-refractivity contribution is 7.16. The zero-order valence-corrected chi connectivity index (χ0v) is 10.6. The minimum Gasteiger partial charge on any atom is -0.384 e. The van der Waals surface area contributed by atoms with Crippen LogP contribution in [0, 0.1) is 5.92 Å². The highest BCUT2D eigenvalue weighted by Gasteiger charge is 2.15. The van der Waals surface area contributed by atoms with Gasteiger partial charge in [0.1, 0.15) is 0 Å². The fourth-order valence-electron chi connectivity index (χ4n) is 1.54. The summed E-state index contributed by atoms with van der Waals surface area (Å²) in [5.74, 6) is 6.00. The van der Waals surface area contributed by atoms with Crippen molar-refractivity contribution in [3.63, 3.8) is 0 Å². The Bertz CT molecular complexity index is 293. The third-order valence-electron chi connectivity index (χ3n) is 2.23. The molecular formula is C10H17ClN2OS. The number of methoxy groups -OCH3 is 1. The zero-order chi connectivity index (χ0) is 11.3. The van der Waals surface area contributed by atoms with Crippen LogP contribution in [0.4, 0.5) is 0 Å². The molecule has 1 rings (SSSR count). The van der Waals surface area contributed by atoms with E-state index in [4.69, 9.17) is 22.2 Å². The van der Waals surface area contributed by atoms with Crippen molar-refractivity contribution in [2.75, 3.05) is 13.7 Å². The van der Waals surface area contributed by atoms with E-state index in [1.807, 2.05) is 12.1 Å². The second-order valence-corrected chi connectivity index (χ2v) is 5.40. The Kier molecular flexibility index (Phi) is 5.56. The fraction of sp³-hybridized carbons (Fsp3) is 0.600. The van der Waals surface area contributed by atoms with Crippen LogP contribution in [-0.2, 0) is 4.74 Å². The lowest BCUT2D eigenvalue weighted by Crippen LogP contribution is -2.29. The smallest absolute Gasteiger partial charge is 0.0931 e. The molecule has 0 aromatic carbocycles. The first-order valence-electron chi connectivity index (χ1n) is 4.87. The average Bonchev–Trinajstić information content (AvgIpc) is 2.61. The second-order valence-electron chi connectivity index (χ2n) is 3.66. The maximum atomic E-state index is 5.88. The molecule has 15 heavy (non-hydrogen) atoms. The number of hydrogen-bond donors (Lipinski definition) is 2. The summed E-state index contributed by atoms with van der Waals surface area (Å²) in [6.45, 7) is 2.89. The summed E-state index contributed by atoms with van der Waals surface area (Å²) in [5, 5.41) is 0. The molecule has 1 heterocycles. The number of hydrazine groups is 1. The van der Waals surface area contributed by atoms with Crippen molar-refractivity contribution in [3.05, 3.63) is 21.3 Å². The van der Waals surface area contributed by atoms with Gasteiger partial charge in [0.15, 0.2) is 0 Å². The van der Waals surface area contributed by atoms with Crippen LogP contribution in [0.25, 0.3) is 0 Å². The first-order chi connectivity index (χ1) is 7.17. The van der Waals surface area contributed by atoms with Crippen molar-refractivity contribution in [1.29, 1.82) is 0 Å². The van der Waals surface area contributed by atoms with Crippen LogP contribution in [0.5, 0.6) is 0 Å². The molecular weight excluding hydrogens is 232 g/mol. The summed E-state index contributed by atoms with van der Waals surface area (Å²) in [6, 6.07) is 4.07. The quantitative estimate of drug-likeness (QED) is 0.601. The number of hydrogen-bond acceptors (Lipinski definition) is 4. The SMILES string of the molecule is COCC(C)CC(NN)c1ccc(Cl)s1. The number of nitrogens with one attached hydrogen (secondary N) is 1. The van der Waals surface area contributed by atoms with Gasteiger partial charge in [-0.2, -0.15) is 0 Å². The van der Waals surface area contributed by atoms with E-state index < -0.39 is 0 Å². The molecule has 2 atom stereocenters. The normalized spacial score (nSPS) is 15.2. The van der Waals surface area contributed by atoms with E-state index >= 15 is 0 Å². The summed E-state index contributed by atoms with van der Waals surface area (Å²) in [6.07, 6.45) is 0.946. The van der Waals surface area contributed by atoms with Gasteiger partial charge in [0, 0.05) is 18.6 Å². The lowest BCUT2D eigenvalue weighted by atomic mass is 10.0. The Morgan fingerprint density at radius 3 is 2.80 bits per heavy atom. The van der Waals surface area contributed by atoms with E-state index in [-0.39, 0.29) is 6.04 Å². The molecule has 0 amide bonds. The highest BCUT2D eigenvalue weighted by atomic mass is 35.5. The van der Waals surface area contributed by atoms with Gasteiger partial charge in [0.05, 0.1) is 10.4 Å². The molecule has 0 aliphatic rings. The maximum Gasteiger partial charge on any atom is 0.0931 e. The molecule has 0 saturated carbocycles. The number of thiophene rings is 1. The lowest BCUT2D eigenvalue weighted by molar-refractivity contribution is 0.149. The standard InChI is InChI=1S/C10H17ClN2OS/c1-7(6-14-2)5-8(13-12)9-3-4-10(11)15-9/h3-4,7-8,13H,5-6,12H2,1-2H3. The molecule has 5 heteroatoms. The summed E-state index contributed by atoms with van der Waals surface area (Å²) >= 11 is 7.45. The Morgan fingerprint density at radius 2 is 2.33 bits per heavy atom. The Morgan fingerprint density at radius 1 is 1.60 bits per heavy atom. The van der Waals surface area contributed by atoms with Crippen LogP contribution >= 0.6 is 22.9 Å². The van der Waals surface area contributed by atoms with E-state index in [9.17, 15) is 0 Å². The number of ether oxygens (including phenoxy) is 1. The summed E-state index contributed by atoms with van der Waals surface area (Å²) < 4.78 is 5.89. The number of rotatable bonds is 6. The van der Waals surface area contributed by atoms with Gasteiger partial charge in [-0.15, -0.1) is 11.3 Å². The van der Waals surface area contributed by atoms with E-state index in [1.165, 1.54) is 4.88 Å². The van der Waals surface area contributed by atoms with Gasteiger partial charge in [-0.05, 0) is 24.5 Å². The van der Waals surface area contributed by atoms with Crippen LogP contribution in [0.1, 0.15) is 24.3 Å². The van der Waals surface area contributed by atoms with E-state index in [1.54, 1.807) is 18.4 Å². The van der Waals surface area contributed by atoms with Crippen molar-refractivity contribution in [3.8, 4) is 0 Å². The van der Waals surface area contributed by atoms with Crippen LogP contribution in [0.15, 0.2) is 12.1 Å². The van der Waals surface area contributed by atoms with Crippen LogP contribution < -0.4 is 11.3 Å². The van der Waals surface area contributed by atoms with Gasteiger partial charge in [-0.25, -0.2) is 0 Å². The molecule has 0 aliphatic carbocycles. The lowest BCUT2D eigenvalue weighted by Gasteiger charge is -2.18. The van der Waals surface area contributed by atoms with Gasteiger partial charge in [0.25, 0.3) is 0 Å². The summed E-state index contributed by atoms with van der Waals surface area (Å²) in [7, 11) is 1.71. The molecule has 3 nitrogen and oxygen atoms in total. The van der Waals surface area contributed by atoms with Crippen LogP contribution in [0.2, 0.25) is 4.34 Å². The van der Waals surface area contributed by atoms with Gasteiger partial charge in [-0.1, -0.05) is 18.5 Å². The number of halogens is 1. The second kappa shape index (κ2) is 6.45. The molecule has 0 bridgehead atoms. The average molecular weight is 249 g/mol.